The van der Waals surface area contributed by atoms with Crippen LogP contribution in [0.2, 0.25) is 0 Å². The first-order valence-electron chi connectivity index (χ1n) is 8.38. The van der Waals surface area contributed by atoms with Gasteiger partial charge in [0.25, 0.3) is 0 Å². The van der Waals surface area contributed by atoms with Gasteiger partial charge in [0.1, 0.15) is 11.5 Å². The highest BCUT2D eigenvalue weighted by Gasteiger charge is 2.37. The maximum Gasteiger partial charge on any atom is 0.132 e. The van der Waals surface area contributed by atoms with E-state index in [9.17, 15) is 9.90 Å². The number of Topliss-reactive ketones (excluding diaryl/α,β-unsaturated/α-hetero) is 1. The quantitative estimate of drug-likeness (QED) is 0.909. The SMILES string of the molecule is CCC(=O)CCCN1CCOC2c3cc(O)ccc3CCC21. The van der Waals surface area contributed by atoms with Crippen LogP contribution >= 0.6 is 0 Å². The van der Waals surface area contributed by atoms with Crippen molar-refractivity contribution in [3.05, 3.63) is 29.3 Å². The van der Waals surface area contributed by atoms with Crippen molar-refractivity contribution in [1.29, 1.82) is 0 Å². The minimum Gasteiger partial charge on any atom is -0.508 e. The van der Waals surface area contributed by atoms with Gasteiger partial charge >= 0.3 is 0 Å². The Morgan fingerprint density at radius 3 is 3.14 bits per heavy atom. The van der Waals surface area contributed by atoms with Crippen molar-refractivity contribution in [2.45, 2.75) is 51.2 Å². The Bertz CT molecular complexity index is 543. The number of benzene rings is 1. The number of morpholine rings is 1. The van der Waals surface area contributed by atoms with E-state index in [0.717, 1.165) is 44.5 Å². The molecule has 0 spiro atoms. The summed E-state index contributed by atoms with van der Waals surface area (Å²) < 4.78 is 6.02. The number of carbonyl (C=O) groups is 1. The summed E-state index contributed by atoms with van der Waals surface area (Å²) in [4.78, 5) is 13.9. The van der Waals surface area contributed by atoms with Gasteiger partial charge in [-0.3, -0.25) is 9.69 Å². The fraction of sp³-hybridized carbons (Fsp3) is 0.611. The Labute approximate surface area is 132 Å². The summed E-state index contributed by atoms with van der Waals surface area (Å²) in [6.45, 7) is 4.55. The first-order valence-corrected chi connectivity index (χ1v) is 8.38. The smallest absolute Gasteiger partial charge is 0.132 e. The summed E-state index contributed by atoms with van der Waals surface area (Å²) in [6.07, 6.45) is 4.44. The summed E-state index contributed by atoms with van der Waals surface area (Å²) >= 11 is 0. The molecule has 1 heterocycles. The number of aryl methyl sites for hydroxylation is 1. The van der Waals surface area contributed by atoms with E-state index in [2.05, 4.69) is 4.90 Å². The molecule has 0 amide bonds. The number of ketones is 1. The third kappa shape index (κ3) is 3.18. The zero-order chi connectivity index (χ0) is 15.5. The van der Waals surface area contributed by atoms with E-state index in [1.165, 1.54) is 5.56 Å². The molecule has 1 aliphatic carbocycles. The topological polar surface area (TPSA) is 49.8 Å². The second-order valence-corrected chi connectivity index (χ2v) is 6.31. The van der Waals surface area contributed by atoms with E-state index in [0.29, 0.717) is 30.4 Å². The number of fused-ring (bicyclic) bond motifs is 3. The Balaban J connectivity index is 1.68. The van der Waals surface area contributed by atoms with Crippen molar-refractivity contribution in [3.8, 4) is 5.75 Å². The van der Waals surface area contributed by atoms with Gasteiger partial charge in [-0.25, -0.2) is 0 Å². The molecule has 2 unspecified atom stereocenters. The number of hydrogen-bond acceptors (Lipinski definition) is 4. The molecule has 0 bridgehead atoms. The van der Waals surface area contributed by atoms with Gasteiger partial charge in [0.05, 0.1) is 12.7 Å². The highest BCUT2D eigenvalue weighted by Crippen LogP contribution is 2.39. The van der Waals surface area contributed by atoms with E-state index in [1.807, 2.05) is 19.1 Å². The normalized spacial score (nSPS) is 24.6. The summed E-state index contributed by atoms with van der Waals surface area (Å²) in [7, 11) is 0. The Morgan fingerprint density at radius 2 is 2.32 bits per heavy atom. The molecule has 2 aliphatic rings. The molecule has 2 atom stereocenters. The maximum absolute atomic E-state index is 11.5. The van der Waals surface area contributed by atoms with Gasteiger partial charge in [-0.15, -0.1) is 0 Å². The highest BCUT2D eigenvalue weighted by molar-refractivity contribution is 5.77. The second kappa shape index (κ2) is 6.80. The zero-order valence-electron chi connectivity index (χ0n) is 13.3. The molecule has 1 saturated heterocycles. The number of aromatic hydroxyl groups is 1. The van der Waals surface area contributed by atoms with Crippen LogP contribution < -0.4 is 0 Å². The van der Waals surface area contributed by atoms with Crippen LogP contribution in [-0.2, 0) is 16.0 Å². The predicted molar refractivity (Wildman–Crippen MR) is 85.0 cm³/mol. The number of phenols is 1. The van der Waals surface area contributed by atoms with E-state index < -0.39 is 0 Å². The van der Waals surface area contributed by atoms with Crippen LogP contribution in [0.3, 0.4) is 0 Å². The van der Waals surface area contributed by atoms with Gasteiger partial charge in [-0.05, 0) is 49.1 Å². The first kappa shape index (κ1) is 15.5. The molecule has 3 rings (SSSR count). The number of ether oxygens (including phenoxy) is 1. The van der Waals surface area contributed by atoms with E-state index >= 15 is 0 Å². The fourth-order valence-corrected chi connectivity index (χ4v) is 3.71. The summed E-state index contributed by atoms with van der Waals surface area (Å²) in [6, 6.07) is 6.01. The molecule has 120 valence electrons. The molecule has 0 radical (unpaired) electrons. The lowest BCUT2D eigenvalue weighted by Gasteiger charge is -2.44. The van der Waals surface area contributed by atoms with Crippen molar-refractivity contribution in [2.24, 2.45) is 0 Å². The first-order chi connectivity index (χ1) is 10.7. The van der Waals surface area contributed by atoms with E-state index in [-0.39, 0.29) is 6.10 Å². The minimum absolute atomic E-state index is 0.0616. The molecule has 1 N–H and O–H groups in total. The molecule has 1 aliphatic heterocycles. The third-order valence-electron chi connectivity index (χ3n) is 4.94. The molecular weight excluding hydrogens is 278 g/mol. The van der Waals surface area contributed by atoms with Crippen molar-refractivity contribution < 1.29 is 14.6 Å². The molecule has 1 aromatic rings. The number of rotatable bonds is 5. The Kier molecular flexibility index (Phi) is 4.79. The zero-order valence-corrected chi connectivity index (χ0v) is 13.3. The molecule has 1 fully saturated rings. The monoisotopic (exact) mass is 303 g/mol. The van der Waals surface area contributed by atoms with Crippen LogP contribution in [0.1, 0.15) is 49.8 Å². The van der Waals surface area contributed by atoms with E-state index in [4.69, 9.17) is 4.74 Å². The third-order valence-corrected chi connectivity index (χ3v) is 4.94. The van der Waals surface area contributed by atoms with Gasteiger partial charge in [-0.2, -0.15) is 0 Å². The molecular formula is C18H25NO3. The second-order valence-electron chi connectivity index (χ2n) is 6.31. The van der Waals surface area contributed by atoms with Crippen molar-refractivity contribution in [2.75, 3.05) is 19.7 Å². The lowest BCUT2D eigenvalue weighted by atomic mass is 9.84. The predicted octanol–water partition coefficient (Wildman–Crippen LogP) is 2.84. The van der Waals surface area contributed by atoms with Gasteiger partial charge in [-0.1, -0.05) is 13.0 Å². The van der Waals surface area contributed by atoms with Gasteiger partial charge < -0.3 is 9.84 Å². The maximum atomic E-state index is 11.5. The summed E-state index contributed by atoms with van der Waals surface area (Å²) in [5.41, 5.74) is 2.44. The number of nitrogens with zero attached hydrogens (tertiary/aromatic N) is 1. The number of carbonyl (C=O) groups excluding carboxylic acids is 1. The van der Waals surface area contributed by atoms with Crippen LogP contribution in [0, 0.1) is 0 Å². The molecule has 22 heavy (non-hydrogen) atoms. The minimum atomic E-state index is 0.0616. The molecule has 4 heteroatoms. The van der Waals surface area contributed by atoms with Crippen molar-refractivity contribution in [3.63, 3.8) is 0 Å². The van der Waals surface area contributed by atoms with E-state index in [1.54, 1.807) is 6.07 Å². The van der Waals surface area contributed by atoms with Crippen LogP contribution in [-0.4, -0.2) is 41.5 Å². The lowest BCUT2D eigenvalue weighted by Crippen LogP contribution is -2.49. The summed E-state index contributed by atoms with van der Waals surface area (Å²) in [5.74, 6) is 0.664. The highest BCUT2D eigenvalue weighted by atomic mass is 16.5. The molecule has 0 saturated carbocycles. The van der Waals surface area contributed by atoms with Crippen LogP contribution in [0.4, 0.5) is 0 Å². The number of phenolic OH excluding ortho intramolecular Hbond substituents is 1. The van der Waals surface area contributed by atoms with Crippen molar-refractivity contribution >= 4 is 5.78 Å². The average Bonchev–Trinajstić information content (AvgIpc) is 2.54. The van der Waals surface area contributed by atoms with Gasteiger partial charge in [0, 0.05) is 25.4 Å². The van der Waals surface area contributed by atoms with Crippen LogP contribution in [0.15, 0.2) is 18.2 Å². The molecule has 0 aromatic heterocycles. The Morgan fingerprint density at radius 1 is 1.45 bits per heavy atom. The largest absolute Gasteiger partial charge is 0.508 e. The molecule has 1 aromatic carbocycles. The summed E-state index contributed by atoms with van der Waals surface area (Å²) in [5, 5.41) is 9.77. The average molecular weight is 303 g/mol. The molecule has 4 nitrogen and oxygen atoms in total. The van der Waals surface area contributed by atoms with Crippen LogP contribution in [0.25, 0.3) is 0 Å². The Hall–Kier alpha value is -1.39. The number of hydrogen-bond donors (Lipinski definition) is 1. The lowest BCUT2D eigenvalue weighted by molar-refractivity contribution is -0.119. The van der Waals surface area contributed by atoms with Crippen molar-refractivity contribution in [1.82, 2.24) is 4.90 Å². The standard InChI is InChI=1S/C18H25NO3/c1-2-14(20)4-3-9-19-10-11-22-18-16-12-15(21)7-5-13(16)6-8-17(18)19/h5,7,12,17-18,21H,2-4,6,8-11H2,1H3. The fourth-order valence-electron chi connectivity index (χ4n) is 3.71. The van der Waals surface area contributed by atoms with Crippen LogP contribution in [0.5, 0.6) is 5.75 Å². The van der Waals surface area contributed by atoms with Gasteiger partial charge in [0.15, 0.2) is 0 Å². The van der Waals surface area contributed by atoms with Gasteiger partial charge in [0.2, 0.25) is 0 Å².